The summed E-state index contributed by atoms with van der Waals surface area (Å²) in [5.74, 6) is 0.865. The lowest BCUT2D eigenvalue weighted by atomic mass is 10.1. The van der Waals surface area contributed by atoms with E-state index in [1.165, 1.54) is 0 Å². The van der Waals surface area contributed by atoms with Gasteiger partial charge >= 0.3 is 0 Å². The number of rotatable bonds is 10. The molecule has 0 bridgehead atoms. The molecule has 0 saturated heterocycles. The van der Waals surface area contributed by atoms with Crippen LogP contribution in [-0.4, -0.2) is 46.6 Å². The molecule has 1 N–H and O–H groups in total. The second kappa shape index (κ2) is 11.5. The van der Waals surface area contributed by atoms with Crippen molar-refractivity contribution < 1.29 is 18.7 Å². The number of anilines is 1. The van der Waals surface area contributed by atoms with Gasteiger partial charge in [0.05, 0.1) is 5.02 Å². The Morgan fingerprint density at radius 1 is 1.09 bits per heavy atom. The number of likely N-dealkylation sites (N-methyl/N-ethyl adjacent to an activating group) is 1. The van der Waals surface area contributed by atoms with Crippen LogP contribution in [0.3, 0.4) is 0 Å². The monoisotopic (exact) mass is 470 g/mol. The number of benzene rings is 2. The van der Waals surface area contributed by atoms with Crippen molar-refractivity contribution in [1.29, 1.82) is 0 Å². The molecule has 33 heavy (non-hydrogen) atoms. The molecule has 0 aliphatic heterocycles. The average Bonchev–Trinajstić information content (AvgIpc) is 3.27. The van der Waals surface area contributed by atoms with Gasteiger partial charge in [0.25, 0.3) is 5.91 Å². The molecule has 0 aliphatic rings. The van der Waals surface area contributed by atoms with Gasteiger partial charge in [-0.05, 0) is 51.1 Å². The maximum atomic E-state index is 12.3. The molecule has 2 amide bonds. The molecule has 174 valence electrons. The zero-order valence-electron chi connectivity index (χ0n) is 18.9. The van der Waals surface area contributed by atoms with Crippen molar-refractivity contribution in [3.63, 3.8) is 0 Å². The van der Waals surface area contributed by atoms with E-state index in [0.29, 0.717) is 47.8 Å². The Hall–Kier alpha value is -3.39. The van der Waals surface area contributed by atoms with Crippen LogP contribution in [0.4, 0.5) is 5.69 Å². The summed E-state index contributed by atoms with van der Waals surface area (Å²) >= 11 is 6.25. The highest BCUT2D eigenvalue weighted by Crippen LogP contribution is 2.28. The molecule has 3 aromatic rings. The minimum atomic E-state index is -0.216. The molecule has 0 unspecified atom stereocenters. The number of aromatic nitrogens is 2. The number of aryl methyl sites for hydroxylation is 2. The van der Waals surface area contributed by atoms with E-state index in [2.05, 4.69) is 15.5 Å². The molecule has 9 heteroatoms. The number of hydrogen-bond donors (Lipinski definition) is 1. The van der Waals surface area contributed by atoms with E-state index in [-0.39, 0.29) is 24.8 Å². The van der Waals surface area contributed by atoms with E-state index in [1.54, 1.807) is 23.1 Å². The SMILES string of the molecule is CCN(CC)C(=O)COc1ccc(NC(=O)CCc2nnc(-c3ccc(C)cc3)o2)cc1Cl. The molecular formula is C24H27ClN4O4. The summed E-state index contributed by atoms with van der Waals surface area (Å²) in [5.41, 5.74) is 2.50. The Bertz CT molecular complexity index is 1090. The summed E-state index contributed by atoms with van der Waals surface area (Å²) < 4.78 is 11.2. The summed E-state index contributed by atoms with van der Waals surface area (Å²) in [6, 6.07) is 12.6. The van der Waals surface area contributed by atoms with Gasteiger partial charge in [0.1, 0.15) is 5.75 Å². The largest absolute Gasteiger partial charge is 0.482 e. The van der Waals surface area contributed by atoms with E-state index in [1.807, 2.05) is 45.0 Å². The fourth-order valence-electron chi connectivity index (χ4n) is 3.11. The predicted octanol–water partition coefficient (Wildman–Crippen LogP) is 4.52. The van der Waals surface area contributed by atoms with E-state index in [9.17, 15) is 9.59 Å². The molecule has 0 radical (unpaired) electrons. The number of nitrogens with zero attached hydrogens (tertiary/aromatic N) is 3. The standard InChI is InChI=1S/C24H27ClN4O4/c1-4-29(5-2)23(31)15-32-20-11-10-18(14-19(20)25)26-21(30)12-13-22-27-28-24(33-22)17-8-6-16(3)7-9-17/h6-11,14H,4-5,12-13,15H2,1-3H3,(H,26,30). The molecule has 1 aromatic heterocycles. The first-order chi connectivity index (χ1) is 15.9. The fraction of sp³-hybridized carbons (Fsp3) is 0.333. The second-order valence-electron chi connectivity index (χ2n) is 7.42. The smallest absolute Gasteiger partial charge is 0.260 e. The number of carbonyl (C=O) groups is 2. The van der Waals surface area contributed by atoms with Crippen LogP contribution >= 0.6 is 11.6 Å². The molecule has 0 fully saturated rings. The minimum absolute atomic E-state index is 0.0954. The first-order valence-electron chi connectivity index (χ1n) is 10.8. The van der Waals surface area contributed by atoms with Gasteiger partial charge in [-0.25, -0.2) is 0 Å². The van der Waals surface area contributed by atoms with Gasteiger partial charge in [-0.3, -0.25) is 9.59 Å². The van der Waals surface area contributed by atoms with Crippen LogP contribution in [0.15, 0.2) is 46.9 Å². The first-order valence-corrected chi connectivity index (χ1v) is 11.2. The second-order valence-corrected chi connectivity index (χ2v) is 7.82. The van der Waals surface area contributed by atoms with Gasteiger partial charge in [0, 0.05) is 37.2 Å². The highest BCUT2D eigenvalue weighted by atomic mass is 35.5. The van der Waals surface area contributed by atoms with Crippen molar-refractivity contribution in [1.82, 2.24) is 15.1 Å². The van der Waals surface area contributed by atoms with E-state index >= 15 is 0 Å². The topological polar surface area (TPSA) is 97.6 Å². The molecule has 0 saturated carbocycles. The number of carbonyl (C=O) groups excluding carboxylic acids is 2. The molecule has 8 nitrogen and oxygen atoms in total. The lowest BCUT2D eigenvalue weighted by Gasteiger charge is -2.19. The van der Waals surface area contributed by atoms with E-state index in [0.717, 1.165) is 11.1 Å². The number of amides is 2. The Morgan fingerprint density at radius 2 is 1.82 bits per heavy atom. The van der Waals surface area contributed by atoms with Crippen LogP contribution in [0.2, 0.25) is 5.02 Å². The number of nitrogens with one attached hydrogen (secondary N) is 1. The van der Waals surface area contributed by atoms with Crippen LogP contribution in [0, 0.1) is 6.92 Å². The Balaban J connectivity index is 1.50. The Labute approximate surface area is 197 Å². The lowest BCUT2D eigenvalue weighted by Crippen LogP contribution is -2.34. The van der Waals surface area contributed by atoms with Crippen LogP contribution in [0.1, 0.15) is 31.7 Å². The number of hydrogen-bond acceptors (Lipinski definition) is 6. The predicted molar refractivity (Wildman–Crippen MR) is 126 cm³/mol. The van der Waals surface area contributed by atoms with Gasteiger partial charge in [-0.15, -0.1) is 10.2 Å². The van der Waals surface area contributed by atoms with Gasteiger partial charge in [-0.1, -0.05) is 29.3 Å². The average molecular weight is 471 g/mol. The minimum Gasteiger partial charge on any atom is -0.482 e. The highest BCUT2D eigenvalue weighted by Gasteiger charge is 2.13. The summed E-state index contributed by atoms with van der Waals surface area (Å²) in [7, 11) is 0. The summed E-state index contributed by atoms with van der Waals surface area (Å²) in [6.45, 7) is 6.97. The van der Waals surface area contributed by atoms with Crippen molar-refractivity contribution in [3.8, 4) is 17.2 Å². The number of ether oxygens (including phenoxy) is 1. The molecule has 0 atom stereocenters. The van der Waals surface area contributed by atoms with Crippen molar-refractivity contribution in [2.45, 2.75) is 33.6 Å². The zero-order chi connectivity index (χ0) is 23.8. The Morgan fingerprint density at radius 3 is 2.48 bits per heavy atom. The van der Waals surface area contributed by atoms with Crippen molar-refractivity contribution in [2.75, 3.05) is 25.0 Å². The third kappa shape index (κ3) is 6.79. The van der Waals surface area contributed by atoms with Crippen molar-refractivity contribution >= 4 is 29.1 Å². The molecular weight excluding hydrogens is 444 g/mol. The summed E-state index contributed by atoms with van der Waals surface area (Å²) in [4.78, 5) is 26.1. The third-order valence-electron chi connectivity index (χ3n) is 5.01. The van der Waals surface area contributed by atoms with Gasteiger partial charge in [0.2, 0.25) is 17.7 Å². The highest BCUT2D eigenvalue weighted by molar-refractivity contribution is 6.32. The lowest BCUT2D eigenvalue weighted by molar-refractivity contribution is -0.133. The Kier molecular flexibility index (Phi) is 8.43. The number of halogens is 1. The molecule has 1 heterocycles. The van der Waals surface area contributed by atoms with Gasteiger partial charge < -0.3 is 19.4 Å². The van der Waals surface area contributed by atoms with Crippen LogP contribution in [0.5, 0.6) is 5.75 Å². The van der Waals surface area contributed by atoms with Crippen molar-refractivity contribution in [2.24, 2.45) is 0 Å². The van der Waals surface area contributed by atoms with Crippen LogP contribution in [-0.2, 0) is 16.0 Å². The summed E-state index contributed by atoms with van der Waals surface area (Å²) in [6.07, 6.45) is 0.483. The zero-order valence-corrected chi connectivity index (χ0v) is 19.7. The van der Waals surface area contributed by atoms with E-state index < -0.39 is 0 Å². The van der Waals surface area contributed by atoms with Crippen LogP contribution in [0.25, 0.3) is 11.5 Å². The summed E-state index contributed by atoms with van der Waals surface area (Å²) in [5, 5.41) is 11.1. The fourth-order valence-corrected chi connectivity index (χ4v) is 3.35. The molecule has 2 aromatic carbocycles. The molecule has 0 aliphatic carbocycles. The van der Waals surface area contributed by atoms with Gasteiger partial charge in [0.15, 0.2) is 6.61 Å². The normalized spacial score (nSPS) is 10.7. The third-order valence-corrected chi connectivity index (χ3v) is 5.31. The quantitative estimate of drug-likeness (QED) is 0.468. The maximum absolute atomic E-state index is 12.3. The molecule has 3 rings (SSSR count). The van der Waals surface area contributed by atoms with Gasteiger partial charge in [-0.2, -0.15) is 0 Å². The first kappa shape index (κ1) is 24.3. The molecule has 0 spiro atoms. The van der Waals surface area contributed by atoms with Crippen LogP contribution < -0.4 is 10.1 Å². The van der Waals surface area contributed by atoms with E-state index in [4.69, 9.17) is 20.8 Å². The van der Waals surface area contributed by atoms with Crippen molar-refractivity contribution in [3.05, 3.63) is 58.9 Å². The maximum Gasteiger partial charge on any atom is 0.260 e.